The first-order valence-electron chi connectivity index (χ1n) is 7.48. The molecule has 1 fully saturated rings. The van der Waals surface area contributed by atoms with Gasteiger partial charge in [-0.15, -0.1) is 11.8 Å². The van der Waals surface area contributed by atoms with Crippen LogP contribution in [0.4, 0.5) is 11.4 Å². The Morgan fingerprint density at radius 1 is 1.15 bits per heavy atom. The molecular weight excluding hydrogens is 360 g/mol. The van der Waals surface area contributed by atoms with Crippen LogP contribution in [0, 0.1) is 10.1 Å². The van der Waals surface area contributed by atoms with E-state index in [-0.39, 0.29) is 23.4 Å². The van der Waals surface area contributed by atoms with Crippen LogP contribution in [0.1, 0.15) is 16.8 Å². The minimum Gasteiger partial charge on any atom is -0.478 e. The molecule has 1 N–H and O–H groups in total. The Kier molecular flexibility index (Phi) is 4.72. The van der Waals surface area contributed by atoms with Crippen LogP contribution in [-0.2, 0) is 9.59 Å². The van der Waals surface area contributed by atoms with E-state index in [1.807, 2.05) is 0 Å². The van der Waals surface area contributed by atoms with E-state index in [0.717, 1.165) is 16.7 Å². The van der Waals surface area contributed by atoms with Crippen LogP contribution < -0.4 is 4.90 Å². The summed E-state index contributed by atoms with van der Waals surface area (Å²) in [6.07, 6.45) is -0.0750. The molecule has 1 atom stereocenters. The van der Waals surface area contributed by atoms with Crippen molar-refractivity contribution < 1.29 is 24.4 Å². The number of carboxylic acid groups (broad SMARTS) is 1. The summed E-state index contributed by atoms with van der Waals surface area (Å²) in [5.41, 5.74) is 0.168. The summed E-state index contributed by atoms with van der Waals surface area (Å²) in [4.78, 5) is 47.7. The molecule has 26 heavy (non-hydrogen) atoms. The largest absolute Gasteiger partial charge is 0.478 e. The Morgan fingerprint density at radius 2 is 1.81 bits per heavy atom. The summed E-state index contributed by atoms with van der Waals surface area (Å²) >= 11 is 1.02. The third-order valence-corrected chi connectivity index (χ3v) is 5.07. The van der Waals surface area contributed by atoms with Crippen molar-refractivity contribution in [2.75, 3.05) is 4.90 Å². The average molecular weight is 372 g/mol. The van der Waals surface area contributed by atoms with Crippen molar-refractivity contribution in [1.29, 1.82) is 0 Å². The van der Waals surface area contributed by atoms with Crippen molar-refractivity contribution in [2.24, 2.45) is 0 Å². The van der Waals surface area contributed by atoms with Crippen LogP contribution in [0.2, 0.25) is 0 Å². The highest BCUT2D eigenvalue weighted by Crippen LogP contribution is 2.35. The Balaban J connectivity index is 1.83. The lowest BCUT2D eigenvalue weighted by atomic mass is 10.2. The summed E-state index contributed by atoms with van der Waals surface area (Å²) in [6.45, 7) is 0. The molecule has 1 aliphatic heterocycles. The molecule has 2 aromatic rings. The second-order valence-corrected chi connectivity index (χ2v) is 6.70. The molecule has 0 aromatic heterocycles. The molecular formula is C17H12N2O6S. The van der Waals surface area contributed by atoms with Crippen LogP contribution in [0.15, 0.2) is 53.4 Å². The van der Waals surface area contributed by atoms with Gasteiger partial charge in [-0.2, -0.15) is 0 Å². The Labute approximate surface area is 151 Å². The second kappa shape index (κ2) is 6.96. The Morgan fingerprint density at radius 3 is 2.42 bits per heavy atom. The van der Waals surface area contributed by atoms with Gasteiger partial charge in [0.15, 0.2) is 0 Å². The van der Waals surface area contributed by atoms with Gasteiger partial charge >= 0.3 is 5.97 Å². The number of amides is 2. The van der Waals surface area contributed by atoms with Crippen LogP contribution in [0.5, 0.6) is 0 Å². The number of non-ortho nitro benzene ring substituents is 1. The highest BCUT2D eigenvalue weighted by atomic mass is 32.2. The maximum atomic E-state index is 12.6. The van der Waals surface area contributed by atoms with Crippen LogP contribution in [0.3, 0.4) is 0 Å². The molecule has 1 heterocycles. The van der Waals surface area contributed by atoms with Gasteiger partial charge in [-0.05, 0) is 24.3 Å². The second-order valence-electron chi connectivity index (χ2n) is 5.45. The number of carbonyl (C=O) groups excluding carboxylic acids is 2. The topological polar surface area (TPSA) is 118 Å². The number of aromatic carboxylic acids is 1. The number of carboxylic acids is 1. The highest BCUT2D eigenvalue weighted by molar-refractivity contribution is 8.00. The summed E-state index contributed by atoms with van der Waals surface area (Å²) in [5, 5.41) is 19.2. The molecule has 2 aromatic carbocycles. The molecule has 0 saturated carbocycles. The smallest absolute Gasteiger partial charge is 0.336 e. The number of benzene rings is 2. The first-order valence-corrected chi connectivity index (χ1v) is 8.36. The van der Waals surface area contributed by atoms with Gasteiger partial charge in [0, 0.05) is 23.4 Å². The number of nitro benzene ring substituents is 1. The van der Waals surface area contributed by atoms with E-state index in [1.165, 1.54) is 30.3 Å². The normalized spacial score (nSPS) is 16.8. The molecule has 3 rings (SSSR count). The van der Waals surface area contributed by atoms with E-state index in [4.69, 9.17) is 0 Å². The molecule has 0 radical (unpaired) electrons. The minimum atomic E-state index is -1.11. The predicted molar refractivity (Wildman–Crippen MR) is 93.3 cm³/mol. The fraction of sp³-hybridized carbons (Fsp3) is 0.118. The zero-order valence-electron chi connectivity index (χ0n) is 13.2. The van der Waals surface area contributed by atoms with Gasteiger partial charge in [0.1, 0.15) is 0 Å². The van der Waals surface area contributed by atoms with E-state index < -0.39 is 28.0 Å². The number of carbonyl (C=O) groups is 3. The number of nitrogens with zero attached hydrogens (tertiary/aromatic N) is 2. The van der Waals surface area contributed by atoms with Gasteiger partial charge < -0.3 is 5.11 Å². The summed E-state index contributed by atoms with van der Waals surface area (Å²) < 4.78 is 0. The molecule has 0 aliphatic carbocycles. The maximum Gasteiger partial charge on any atom is 0.336 e. The molecule has 0 spiro atoms. The zero-order chi connectivity index (χ0) is 18.8. The third-order valence-electron chi connectivity index (χ3n) is 3.81. The van der Waals surface area contributed by atoms with E-state index in [1.54, 1.807) is 18.2 Å². The number of thioether (sulfide) groups is 1. The molecule has 132 valence electrons. The van der Waals surface area contributed by atoms with Crippen LogP contribution in [0.25, 0.3) is 0 Å². The lowest BCUT2D eigenvalue weighted by molar-refractivity contribution is -0.384. The minimum absolute atomic E-state index is 0.0616. The first-order chi connectivity index (χ1) is 12.4. The number of rotatable bonds is 5. The number of imide groups is 1. The first kappa shape index (κ1) is 17.6. The van der Waals surface area contributed by atoms with Crippen molar-refractivity contribution in [3.8, 4) is 0 Å². The molecule has 9 heteroatoms. The van der Waals surface area contributed by atoms with Crippen LogP contribution in [-0.4, -0.2) is 33.1 Å². The molecule has 1 aliphatic rings. The molecule has 2 amide bonds. The van der Waals surface area contributed by atoms with Gasteiger partial charge in [-0.1, -0.05) is 12.1 Å². The Bertz CT molecular complexity index is 912. The van der Waals surface area contributed by atoms with Gasteiger partial charge in [-0.3, -0.25) is 19.7 Å². The molecule has 0 unspecified atom stereocenters. The van der Waals surface area contributed by atoms with E-state index in [0.29, 0.717) is 4.90 Å². The van der Waals surface area contributed by atoms with E-state index in [2.05, 4.69) is 0 Å². The van der Waals surface area contributed by atoms with E-state index in [9.17, 15) is 29.6 Å². The third kappa shape index (κ3) is 3.29. The highest BCUT2D eigenvalue weighted by Gasteiger charge is 2.40. The summed E-state index contributed by atoms with van der Waals surface area (Å²) in [6, 6.07) is 11.4. The van der Waals surface area contributed by atoms with E-state index >= 15 is 0 Å². The maximum absolute atomic E-state index is 12.6. The van der Waals surface area contributed by atoms with Crippen molar-refractivity contribution in [1.82, 2.24) is 0 Å². The van der Waals surface area contributed by atoms with Crippen molar-refractivity contribution >= 4 is 40.9 Å². The van der Waals surface area contributed by atoms with Gasteiger partial charge in [0.25, 0.3) is 5.69 Å². The fourth-order valence-electron chi connectivity index (χ4n) is 2.59. The molecule has 8 nitrogen and oxygen atoms in total. The van der Waals surface area contributed by atoms with Crippen molar-refractivity contribution in [3.63, 3.8) is 0 Å². The van der Waals surface area contributed by atoms with Gasteiger partial charge in [0.2, 0.25) is 11.8 Å². The standard InChI is InChI=1S/C17H12N2O6S/c20-15-9-14(26-13-4-2-1-3-12(13)17(22)23)16(21)18(15)10-5-7-11(8-6-10)19(24)25/h1-8,14H,9H2,(H,22,23)/t14-/m0/s1. The fourth-order valence-corrected chi connectivity index (χ4v) is 3.77. The predicted octanol–water partition coefficient (Wildman–Crippen LogP) is 2.72. The lowest BCUT2D eigenvalue weighted by Crippen LogP contribution is -2.31. The number of hydrogen-bond donors (Lipinski definition) is 1. The number of nitro groups is 1. The van der Waals surface area contributed by atoms with Crippen molar-refractivity contribution in [3.05, 3.63) is 64.2 Å². The van der Waals surface area contributed by atoms with Crippen molar-refractivity contribution in [2.45, 2.75) is 16.6 Å². The Hall–Kier alpha value is -3.20. The molecule has 1 saturated heterocycles. The summed E-state index contributed by atoms with van der Waals surface area (Å²) in [7, 11) is 0. The molecule has 0 bridgehead atoms. The number of hydrogen-bond acceptors (Lipinski definition) is 6. The quantitative estimate of drug-likeness (QED) is 0.487. The van der Waals surface area contributed by atoms with Gasteiger partial charge in [0.05, 0.1) is 21.4 Å². The van der Waals surface area contributed by atoms with Gasteiger partial charge in [-0.25, -0.2) is 9.69 Å². The average Bonchev–Trinajstić information content (AvgIpc) is 2.89. The lowest BCUT2D eigenvalue weighted by Gasteiger charge is -2.15. The number of anilines is 1. The SMILES string of the molecule is O=C(O)c1ccccc1S[C@H]1CC(=O)N(c2ccc([N+](=O)[O-])cc2)C1=O. The van der Waals surface area contributed by atoms with Crippen LogP contribution >= 0.6 is 11.8 Å². The zero-order valence-corrected chi connectivity index (χ0v) is 14.0. The monoisotopic (exact) mass is 372 g/mol. The summed E-state index contributed by atoms with van der Waals surface area (Å²) in [5.74, 6) is -2.03.